The number of hydrogen-bond acceptors (Lipinski definition) is 4. The highest BCUT2D eigenvalue weighted by molar-refractivity contribution is 7.92. The van der Waals surface area contributed by atoms with Gasteiger partial charge in [0.05, 0.1) is 23.7 Å². The fourth-order valence-corrected chi connectivity index (χ4v) is 6.11. The fourth-order valence-electron chi connectivity index (χ4n) is 4.95. The van der Waals surface area contributed by atoms with Crippen molar-refractivity contribution < 1.29 is 13.2 Å². The van der Waals surface area contributed by atoms with E-state index < -0.39 is 10.0 Å². The van der Waals surface area contributed by atoms with Gasteiger partial charge in [0.2, 0.25) is 0 Å². The number of methoxy groups -OCH3 is 1. The molecule has 3 atom stereocenters. The molecule has 0 saturated carbocycles. The van der Waals surface area contributed by atoms with E-state index >= 15 is 0 Å². The number of fused-ring (bicyclic) bond motifs is 3. The minimum atomic E-state index is -3.71. The van der Waals surface area contributed by atoms with E-state index in [2.05, 4.69) is 34.3 Å². The zero-order chi connectivity index (χ0) is 23.2. The third kappa shape index (κ3) is 4.00. The quantitative estimate of drug-likeness (QED) is 0.463. The average Bonchev–Trinajstić information content (AvgIpc) is 3.31. The van der Waals surface area contributed by atoms with Crippen LogP contribution in [0.1, 0.15) is 40.6 Å². The molecule has 1 heterocycles. The molecule has 3 aromatic rings. The van der Waals surface area contributed by atoms with E-state index in [9.17, 15) is 8.42 Å². The number of nitrogens with one attached hydrogen (secondary N) is 2. The van der Waals surface area contributed by atoms with Crippen molar-refractivity contribution in [3.8, 4) is 5.75 Å². The monoisotopic (exact) mass is 460 g/mol. The van der Waals surface area contributed by atoms with Crippen LogP contribution in [0.5, 0.6) is 5.75 Å². The van der Waals surface area contributed by atoms with E-state index in [0.29, 0.717) is 11.6 Å². The minimum absolute atomic E-state index is 0.128. The zero-order valence-electron chi connectivity index (χ0n) is 19.0. The molecular formula is C27H28N2O3S. The Labute approximate surface area is 195 Å². The maximum atomic E-state index is 13.2. The van der Waals surface area contributed by atoms with Gasteiger partial charge in [0.1, 0.15) is 5.75 Å². The molecule has 3 aromatic carbocycles. The maximum absolute atomic E-state index is 13.2. The maximum Gasteiger partial charge on any atom is 0.261 e. The first-order valence-electron chi connectivity index (χ1n) is 11.2. The molecule has 0 aromatic heterocycles. The fraction of sp³-hybridized carbons (Fsp3) is 0.259. The van der Waals surface area contributed by atoms with Crippen LogP contribution in [0.15, 0.2) is 77.7 Å². The SMILES string of the molecule is COc1cccc(C2Nc3ccc(S(=O)(=O)Nc4cc(C)ccc4C)cc3C3C=CCC32)c1. The Kier molecular flexibility index (Phi) is 5.41. The second kappa shape index (κ2) is 8.27. The second-order valence-electron chi connectivity index (χ2n) is 8.93. The molecule has 1 aliphatic heterocycles. The number of anilines is 2. The van der Waals surface area contributed by atoms with Crippen LogP contribution in [0.3, 0.4) is 0 Å². The van der Waals surface area contributed by atoms with Crippen molar-refractivity contribution in [1.29, 1.82) is 0 Å². The third-order valence-corrected chi connectivity index (χ3v) is 8.10. The molecular weight excluding hydrogens is 432 g/mol. The summed E-state index contributed by atoms with van der Waals surface area (Å²) in [4.78, 5) is 0.280. The van der Waals surface area contributed by atoms with Crippen molar-refractivity contribution in [3.63, 3.8) is 0 Å². The van der Waals surface area contributed by atoms with E-state index in [1.165, 1.54) is 5.56 Å². The van der Waals surface area contributed by atoms with Gasteiger partial charge in [-0.25, -0.2) is 8.42 Å². The van der Waals surface area contributed by atoms with Gasteiger partial charge < -0.3 is 10.1 Å². The first-order valence-corrected chi connectivity index (χ1v) is 12.7. The summed E-state index contributed by atoms with van der Waals surface area (Å²) in [5, 5.41) is 3.67. The number of benzene rings is 3. The largest absolute Gasteiger partial charge is 0.497 e. The second-order valence-corrected chi connectivity index (χ2v) is 10.6. The van der Waals surface area contributed by atoms with Crippen LogP contribution >= 0.6 is 0 Å². The van der Waals surface area contributed by atoms with E-state index in [1.807, 2.05) is 56.3 Å². The Morgan fingerprint density at radius 1 is 1.03 bits per heavy atom. The molecule has 3 unspecified atom stereocenters. The van der Waals surface area contributed by atoms with Crippen molar-refractivity contribution in [1.82, 2.24) is 0 Å². The molecule has 0 saturated heterocycles. The smallest absolute Gasteiger partial charge is 0.261 e. The van der Waals surface area contributed by atoms with Gasteiger partial charge >= 0.3 is 0 Å². The summed E-state index contributed by atoms with van der Waals surface area (Å²) in [6, 6.07) is 19.4. The van der Waals surface area contributed by atoms with Crippen molar-refractivity contribution in [3.05, 3.63) is 95.1 Å². The van der Waals surface area contributed by atoms with Gasteiger partial charge in [-0.2, -0.15) is 0 Å². The van der Waals surface area contributed by atoms with Crippen LogP contribution in [0.2, 0.25) is 0 Å². The first kappa shape index (κ1) is 21.6. The number of rotatable bonds is 5. The molecule has 0 spiro atoms. The van der Waals surface area contributed by atoms with Crippen LogP contribution in [0, 0.1) is 19.8 Å². The highest BCUT2D eigenvalue weighted by atomic mass is 32.2. The molecule has 0 radical (unpaired) electrons. The summed E-state index contributed by atoms with van der Waals surface area (Å²) in [5.41, 5.74) is 5.69. The van der Waals surface area contributed by atoms with Crippen molar-refractivity contribution in [2.75, 3.05) is 17.1 Å². The summed E-state index contributed by atoms with van der Waals surface area (Å²) in [6.45, 7) is 3.85. The Morgan fingerprint density at radius 3 is 2.70 bits per heavy atom. The molecule has 5 nitrogen and oxygen atoms in total. The van der Waals surface area contributed by atoms with Crippen molar-refractivity contribution in [2.45, 2.75) is 37.1 Å². The van der Waals surface area contributed by atoms with Crippen molar-refractivity contribution in [2.24, 2.45) is 5.92 Å². The Bertz CT molecular complexity index is 1350. The van der Waals surface area contributed by atoms with Gasteiger partial charge in [0.25, 0.3) is 10.0 Å². The molecule has 2 N–H and O–H groups in total. The third-order valence-electron chi connectivity index (χ3n) is 6.73. The van der Waals surface area contributed by atoms with E-state index in [0.717, 1.165) is 34.5 Å². The van der Waals surface area contributed by atoms with E-state index in [4.69, 9.17) is 4.74 Å². The van der Waals surface area contributed by atoms with Gasteiger partial charge in [-0.15, -0.1) is 0 Å². The van der Waals surface area contributed by atoms with Crippen LogP contribution in [-0.4, -0.2) is 15.5 Å². The molecule has 170 valence electrons. The number of allylic oxidation sites excluding steroid dienone is 2. The summed E-state index contributed by atoms with van der Waals surface area (Å²) >= 11 is 0. The predicted molar refractivity (Wildman–Crippen MR) is 133 cm³/mol. The lowest BCUT2D eigenvalue weighted by Gasteiger charge is -2.37. The normalized spacial score (nSPS) is 21.1. The molecule has 0 fully saturated rings. The highest BCUT2D eigenvalue weighted by Gasteiger charge is 2.38. The average molecular weight is 461 g/mol. The Balaban J connectivity index is 1.49. The summed E-state index contributed by atoms with van der Waals surface area (Å²) < 4.78 is 34.7. The predicted octanol–water partition coefficient (Wildman–Crippen LogP) is 5.94. The molecule has 0 amide bonds. The lowest BCUT2D eigenvalue weighted by Crippen LogP contribution is -2.29. The van der Waals surface area contributed by atoms with Crippen LogP contribution in [0.25, 0.3) is 0 Å². The lowest BCUT2D eigenvalue weighted by molar-refractivity contribution is 0.406. The number of ether oxygens (including phenoxy) is 1. The number of hydrogen-bond donors (Lipinski definition) is 2. The molecule has 0 bridgehead atoms. The Hall–Kier alpha value is -3.25. The summed E-state index contributed by atoms with van der Waals surface area (Å²) in [5.74, 6) is 1.31. The minimum Gasteiger partial charge on any atom is -0.497 e. The van der Waals surface area contributed by atoms with Crippen LogP contribution in [0.4, 0.5) is 11.4 Å². The van der Waals surface area contributed by atoms with Gasteiger partial charge in [0, 0.05) is 11.6 Å². The zero-order valence-corrected chi connectivity index (χ0v) is 19.8. The summed E-state index contributed by atoms with van der Waals surface area (Å²) in [7, 11) is -2.03. The number of sulfonamides is 1. The van der Waals surface area contributed by atoms with Gasteiger partial charge in [0.15, 0.2) is 0 Å². The topological polar surface area (TPSA) is 67.4 Å². The molecule has 6 heteroatoms. The molecule has 33 heavy (non-hydrogen) atoms. The van der Waals surface area contributed by atoms with Crippen molar-refractivity contribution >= 4 is 21.4 Å². The molecule has 1 aliphatic carbocycles. The molecule has 5 rings (SSSR count). The van der Waals surface area contributed by atoms with Crippen LogP contribution < -0.4 is 14.8 Å². The van der Waals surface area contributed by atoms with Gasteiger partial charge in [-0.3, -0.25) is 4.72 Å². The standard InChI is InChI=1S/C27H28N2O3S/c1-17-10-11-18(2)26(14-17)29-33(30,31)21-12-13-25-24(16-21)22-8-5-9-23(22)27(28-25)19-6-4-7-20(15-19)32-3/h4-8,10-16,22-23,27-29H,9H2,1-3H3. The lowest BCUT2D eigenvalue weighted by atomic mass is 9.77. The van der Waals surface area contributed by atoms with Crippen LogP contribution in [-0.2, 0) is 10.0 Å². The number of aryl methyl sites for hydroxylation is 2. The van der Waals surface area contributed by atoms with Gasteiger partial charge in [-0.05, 0) is 84.8 Å². The highest BCUT2D eigenvalue weighted by Crippen LogP contribution is 2.50. The van der Waals surface area contributed by atoms with Gasteiger partial charge in [-0.1, -0.05) is 36.4 Å². The molecule has 2 aliphatic rings. The summed E-state index contributed by atoms with van der Waals surface area (Å²) in [6.07, 6.45) is 5.36. The van der Waals surface area contributed by atoms with E-state index in [-0.39, 0.29) is 16.9 Å². The first-order chi connectivity index (χ1) is 15.9. The van der Waals surface area contributed by atoms with E-state index in [1.54, 1.807) is 13.2 Å². The Morgan fingerprint density at radius 2 is 1.88 bits per heavy atom.